The number of carboxylic acid groups (broad SMARTS) is 1. The molecule has 1 saturated heterocycles. The lowest BCUT2D eigenvalue weighted by atomic mass is 9.96. The number of rotatable bonds is 3. The molecule has 1 saturated carbocycles. The second-order valence-electron chi connectivity index (χ2n) is 7.88. The van der Waals surface area contributed by atoms with Crippen molar-refractivity contribution < 1.29 is 28.2 Å². The number of carbonyl (C=O) groups excluding carboxylic acids is 1. The third kappa shape index (κ3) is 2.63. The summed E-state index contributed by atoms with van der Waals surface area (Å²) in [7, 11) is 0. The molecule has 0 bridgehead atoms. The molecule has 7 heteroatoms. The smallest absolute Gasteiger partial charge is 0.410 e. The third-order valence-corrected chi connectivity index (χ3v) is 6.41. The number of aliphatic carboxylic acids is 1. The van der Waals surface area contributed by atoms with E-state index >= 15 is 0 Å². The maximum atomic E-state index is 14.1. The minimum atomic E-state index is -3.18. The lowest BCUT2D eigenvalue weighted by molar-refractivity contribution is -0.144. The number of carboxylic acids is 1. The molecule has 1 N–H and O–H groups in total. The Morgan fingerprint density at radius 3 is 2.24 bits per heavy atom. The summed E-state index contributed by atoms with van der Waals surface area (Å²) in [6.45, 7) is 0.0130. The Balaban J connectivity index is 1.33. The van der Waals surface area contributed by atoms with Crippen molar-refractivity contribution >= 4 is 12.1 Å². The second-order valence-corrected chi connectivity index (χ2v) is 7.88. The average molecular weight is 399 g/mol. The van der Waals surface area contributed by atoms with Crippen LogP contribution in [0.1, 0.15) is 23.5 Å². The Bertz CT molecular complexity index is 962. The van der Waals surface area contributed by atoms with Crippen LogP contribution in [0.15, 0.2) is 48.5 Å². The monoisotopic (exact) mass is 399 g/mol. The van der Waals surface area contributed by atoms with Gasteiger partial charge in [-0.1, -0.05) is 48.5 Å². The fourth-order valence-corrected chi connectivity index (χ4v) is 4.98. The van der Waals surface area contributed by atoms with Crippen molar-refractivity contribution in [3.8, 4) is 11.1 Å². The van der Waals surface area contributed by atoms with Crippen LogP contribution >= 0.6 is 0 Å². The van der Waals surface area contributed by atoms with Gasteiger partial charge in [0, 0.05) is 12.5 Å². The van der Waals surface area contributed by atoms with Crippen molar-refractivity contribution in [3.05, 3.63) is 59.7 Å². The molecule has 2 aliphatic carbocycles. The molecule has 150 valence electrons. The van der Waals surface area contributed by atoms with Gasteiger partial charge in [-0.15, -0.1) is 0 Å². The molecule has 29 heavy (non-hydrogen) atoms. The van der Waals surface area contributed by atoms with E-state index in [0.717, 1.165) is 27.2 Å². The summed E-state index contributed by atoms with van der Waals surface area (Å²) in [4.78, 5) is 24.8. The molecule has 0 spiro atoms. The predicted molar refractivity (Wildman–Crippen MR) is 99.7 cm³/mol. The summed E-state index contributed by atoms with van der Waals surface area (Å²) in [6.07, 6.45) is -0.793. The van der Waals surface area contributed by atoms with E-state index in [1.54, 1.807) is 0 Å². The van der Waals surface area contributed by atoms with Crippen molar-refractivity contribution in [1.29, 1.82) is 0 Å². The van der Waals surface area contributed by atoms with Gasteiger partial charge in [-0.3, -0.25) is 9.69 Å². The summed E-state index contributed by atoms with van der Waals surface area (Å²) in [5.74, 6) is -7.00. The zero-order chi connectivity index (χ0) is 20.3. The van der Waals surface area contributed by atoms with E-state index in [0.29, 0.717) is 0 Å². The summed E-state index contributed by atoms with van der Waals surface area (Å²) in [5.41, 5.74) is 4.25. The van der Waals surface area contributed by atoms with E-state index < -0.39 is 35.9 Å². The van der Waals surface area contributed by atoms with Crippen molar-refractivity contribution in [2.75, 3.05) is 13.2 Å². The molecule has 2 aromatic rings. The lowest BCUT2D eigenvalue weighted by Gasteiger charge is -2.28. The minimum absolute atomic E-state index is 0.0102. The normalized spacial score (nSPS) is 26.3. The van der Waals surface area contributed by atoms with Crippen molar-refractivity contribution in [1.82, 2.24) is 4.90 Å². The third-order valence-electron chi connectivity index (χ3n) is 6.41. The van der Waals surface area contributed by atoms with Crippen LogP contribution in [0, 0.1) is 11.8 Å². The van der Waals surface area contributed by atoms with E-state index in [9.17, 15) is 18.4 Å². The van der Waals surface area contributed by atoms with Crippen LogP contribution in [0.4, 0.5) is 13.6 Å². The Hall–Kier alpha value is -2.96. The number of amides is 1. The average Bonchev–Trinajstić information content (AvgIpc) is 3.15. The van der Waals surface area contributed by atoms with E-state index in [2.05, 4.69) is 0 Å². The van der Waals surface area contributed by atoms with Gasteiger partial charge >= 0.3 is 12.1 Å². The highest BCUT2D eigenvalue weighted by Gasteiger charge is 2.77. The van der Waals surface area contributed by atoms with Crippen LogP contribution < -0.4 is 0 Å². The number of carbonyl (C=O) groups is 2. The molecule has 2 aromatic carbocycles. The summed E-state index contributed by atoms with van der Waals surface area (Å²) >= 11 is 0. The Morgan fingerprint density at radius 1 is 1.07 bits per heavy atom. The first-order valence-corrected chi connectivity index (χ1v) is 9.63. The number of halogens is 2. The minimum Gasteiger partial charge on any atom is -0.481 e. The number of fused-ring (bicyclic) bond motifs is 4. The van der Waals surface area contributed by atoms with Crippen LogP contribution in [0.25, 0.3) is 11.1 Å². The van der Waals surface area contributed by atoms with Gasteiger partial charge in [-0.05, 0) is 28.7 Å². The molecule has 0 radical (unpaired) electrons. The van der Waals surface area contributed by atoms with Gasteiger partial charge < -0.3 is 9.84 Å². The number of hydrogen-bond acceptors (Lipinski definition) is 3. The van der Waals surface area contributed by atoms with Crippen LogP contribution in [0.3, 0.4) is 0 Å². The number of benzene rings is 2. The van der Waals surface area contributed by atoms with Crippen LogP contribution in [-0.2, 0) is 9.53 Å². The molecule has 2 fully saturated rings. The Kier molecular flexibility index (Phi) is 3.91. The highest BCUT2D eigenvalue weighted by atomic mass is 19.3. The van der Waals surface area contributed by atoms with E-state index in [1.165, 1.54) is 0 Å². The summed E-state index contributed by atoms with van der Waals surface area (Å²) < 4.78 is 33.8. The van der Waals surface area contributed by atoms with Crippen molar-refractivity contribution in [3.63, 3.8) is 0 Å². The number of hydrogen-bond donors (Lipinski definition) is 1. The highest BCUT2D eigenvalue weighted by Crippen LogP contribution is 2.59. The molecular weight excluding hydrogens is 380 g/mol. The maximum Gasteiger partial charge on any atom is 0.410 e. The SMILES string of the molecule is O=C(O)C1CCN(C(=O)OCC2c3ccccc3-c3ccccc32)C2C1C2(F)F. The predicted octanol–water partition coefficient (Wildman–Crippen LogP) is 3.98. The first kappa shape index (κ1) is 18.1. The van der Waals surface area contributed by atoms with Gasteiger partial charge in [0.15, 0.2) is 0 Å². The van der Waals surface area contributed by atoms with Gasteiger partial charge in [0.1, 0.15) is 12.6 Å². The number of alkyl halides is 2. The molecule has 3 aliphatic rings. The van der Waals surface area contributed by atoms with Crippen LogP contribution in [-0.4, -0.2) is 47.2 Å². The van der Waals surface area contributed by atoms with Crippen LogP contribution in [0.5, 0.6) is 0 Å². The van der Waals surface area contributed by atoms with Gasteiger partial charge in [0.05, 0.1) is 11.8 Å². The standard InChI is InChI=1S/C22H19F2NO4/c23-22(24)18-16(20(26)27)9-10-25(19(18)22)21(28)29-11-17-14-7-3-1-5-12(14)13-6-2-4-8-15(13)17/h1-8,16-19H,9-11H2,(H,26,27). The van der Waals surface area contributed by atoms with Crippen molar-refractivity contribution in [2.45, 2.75) is 24.3 Å². The summed E-state index contributed by atoms with van der Waals surface area (Å²) in [6, 6.07) is 14.4. The van der Waals surface area contributed by atoms with E-state index in [-0.39, 0.29) is 25.5 Å². The topological polar surface area (TPSA) is 66.8 Å². The number of likely N-dealkylation sites (tertiary alicyclic amines) is 1. The molecule has 1 aliphatic heterocycles. The number of piperidine rings is 1. The molecule has 0 aromatic heterocycles. The van der Waals surface area contributed by atoms with Gasteiger partial charge in [0.2, 0.25) is 0 Å². The molecule has 1 amide bonds. The van der Waals surface area contributed by atoms with Crippen molar-refractivity contribution in [2.24, 2.45) is 11.8 Å². The largest absolute Gasteiger partial charge is 0.481 e. The fraction of sp³-hybridized carbons (Fsp3) is 0.364. The maximum absolute atomic E-state index is 14.1. The fourth-order valence-electron chi connectivity index (χ4n) is 4.98. The zero-order valence-electron chi connectivity index (χ0n) is 15.4. The van der Waals surface area contributed by atoms with Gasteiger partial charge in [-0.2, -0.15) is 0 Å². The number of ether oxygens (including phenoxy) is 1. The number of nitrogens with zero attached hydrogens (tertiary/aromatic N) is 1. The molecule has 3 atom stereocenters. The molecule has 5 rings (SSSR count). The second kappa shape index (κ2) is 6.27. The van der Waals surface area contributed by atoms with Crippen LogP contribution in [0.2, 0.25) is 0 Å². The first-order chi connectivity index (χ1) is 13.9. The molecular formula is C22H19F2NO4. The van der Waals surface area contributed by atoms with E-state index in [1.807, 2.05) is 48.5 Å². The molecule has 1 heterocycles. The zero-order valence-corrected chi connectivity index (χ0v) is 15.4. The van der Waals surface area contributed by atoms with Gasteiger partial charge in [-0.25, -0.2) is 13.6 Å². The molecule has 5 nitrogen and oxygen atoms in total. The highest BCUT2D eigenvalue weighted by molar-refractivity contribution is 5.79. The van der Waals surface area contributed by atoms with E-state index in [4.69, 9.17) is 9.84 Å². The first-order valence-electron chi connectivity index (χ1n) is 9.63. The molecule has 3 unspecified atom stereocenters. The quantitative estimate of drug-likeness (QED) is 0.848. The lowest BCUT2D eigenvalue weighted by Crippen LogP contribution is -2.42. The van der Waals surface area contributed by atoms with Gasteiger partial charge in [0.25, 0.3) is 5.92 Å². The Labute approximate surface area is 165 Å². The summed E-state index contributed by atoms with van der Waals surface area (Å²) in [5, 5.41) is 9.16. The Morgan fingerprint density at radius 2 is 1.66 bits per heavy atom.